The summed E-state index contributed by atoms with van der Waals surface area (Å²) < 4.78 is 55.3. The van der Waals surface area contributed by atoms with Gasteiger partial charge in [-0.05, 0) is 57.8 Å². The van der Waals surface area contributed by atoms with Gasteiger partial charge in [0.2, 0.25) is 0 Å². The molecule has 2 heterocycles. The number of piperidine rings is 1. The minimum absolute atomic E-state index is 0.267. The first-order chi connectivity index (χ1) is 14.3. The van der Waals surface area contributed by atoms with Gasteiger partial charge in [-0.3, -0.25) is 4.79 Å². The zero-order valence-electron chi connectivity index (χ0n) is 16.9. The van der Waals surface area contributed by atoms with Crippen molar-refractivity contribution in [1.29, 1.82) is 0 Å². The first-order valence-corrected chi connectivity index (χ1v) is 10.2. The van der Waals surface area contributed by atoms with Crippen LogP contribution in [0.3, 0.4) is 0 Å². The summed E-state index contributed by atoms with van der Waals surface area (Å²) in [5, 5.41) is 6.17. The van der Waals surface area contributed by atoms with Crippen LogP contribution in [-0.4, -0.2) is 46.3 Å². The Morgan fingerprint density at radius 1 is 1.23 bits per heavy atom. The molecule has 164 valence electrons. The van der Waals surface area contributed by atoms with Crippen molar-refractivity contribution < 1.29 is 22.4 Å². The van der Waals surface area contributed by atoms with E-state index in [1.54, 1.807) is 0 Å². The highest BCUT2D eigenvalue weighted by atomic mass is 19.4. The number of carbonyl (C=O) groups excluding carboxylic acids is 1. The van der Waals surface area contributed by atoms with E-state index in [4.69, 9.17) is 0 Å². The average Bonchev–Trinajstić information content (AvgIpc) is 3.15. The second-order valence-electron chi connectivity index (χ2n) is 7.61. The van der Waals surface area contributed by atoms with Crippen LogP contribution in [0.5, 0.6) is 0 Å². The van der Waals surface area contributed by atoms with Crippen LogP contribution in [0.2, 0.25) is 0 Å². The topological polar surface area (TPSA) is 50.2 Å². The Balaban J connectivity index is 1.62. The molecule has 2 aromatic rings. The largest absolute Gasteiger partial charge is 0.434 e. The normalized spacial score (nSPS) is 17.8. The molecule has 1 N–H and O–H groups in total. The minimum atomic E-state index is -4.87. The molecule has 1 saturated heterocycles. The smallest absolute Gasteiger partial charge is 0.352 e. The van der Waals surface area contributed by atoms with Gasteiger partial charge < -0.3 is 10.2 Å². The van der Waals surface area contributed by atoms with Crippen molar-refractivity contribution >= 4 is 5.91 Å². The first-order valence-electron chi connectivity index (χ1n) is 10.2. The third-order valence-electron chi connectivity index (χ3n) is 5.46. The lowest BCUT2D eigenvalue weighted by molar-refractivity contribution is -0.143. The van der Waals surface area contributed by atoms with Crippen molar-refractivity contribution in [2.75, 3.05) is 19.6 Å². The number of likely N-dealkylation sites (tertiary alicyclic amines) is 1. The Morgan fingerprint density at radius 3 is 2.70 bits per heavy atom. The number of hydrogen-bond acceptors (Lipinski definition) is 3. The summed E-state index contributed by atoms with van der Waals surface area (Å²) >= 11 is 0. The SMILES string of the molecule is CC1CCCCN1CCCCNC(=O)c1cnn(-c2ccccc2F)c1C(F)(F)F. The van der Waals surface area contributed by atoms with Gasteiger partial charge in [0.1, 0.15) is 11.5 Å². The fourth-order valence-corrected chi connectivity index (χ4v) is 3.82. The Morgan fingerprint density at radius 2 is 2.00 bits per heavy atom. The molecule has 1 aliphatic rings. The second-order valence-corrected chi connectivity index (χ2v) is 7.61. The summed E-state index contributed by atoms with van der Waals surface area (Å²) in [5.41, 5.74) is -2.26. The van der Waals surface area contributed by atoms with Crippen LogP contribution in [0.4, 0.5) is 17.6 Å². The zero-order valence-corrected chi connectivity index (χ0v) is 16.9. The molecular weight excluding hydrogens is 400 g/mol. The fourth-order valence-electron chi connectivity index (χ4n) is 3.82. The molecule has 3 rings (SSSR count). The standard InChI is InChI=1S/C21H26F4N4O/c1-15-8-4-6-12-28(15)13-7-5-11-26-20(30)16-14-27-29(19(16)21(23,24)25)18-10-3-2-9-17(18)22/h2-3,9-10,14-15H,4-8,11-13H2,1H3,(H,26,30). The van der Waals surface area contributed by atoms with Crippen LogP contribution in [0.25, 0.3) is 5.69 Å². The van der Waals surface area contributed by atoms with Gasteiger partial charge in [-0.2, -0.15) is 18.3 Å². The van der Waals surface area contributed by atoms with E-state index in [0.29, 0.717) is 17.1 Å². The van der Waals surface area contributed by atoms with Crippen LogP contribution >= 0.6 is 0 Å². The Labute approximate surface area is 173 Å². The van der Waals surface area contributed by atoms with Gasteiger partial charge in [0, 0.05) is 12.6 Å². The molecule has 0 bridgehead atoms. The van der Waals surface area contributed by atoms with Crippen molar-refractivity contribution in [1.82, 2.24) is 20.0 Å². The molecule has 5 nitrogen and oxygen atoms in total. The van der Waals surface area contributed by atoms with Gasteiger partial charge in [-0.15, -0.1) is 0 Å². The minimum Gasteiger partial charge on any atom is -0.352 e. The Kier molecular flexibility index (Phi) is 7.12. The number of unbranched alkanes of at least 4 members (excludes halogenated alkanes) is 1. The molecule has 1 fully saturated rings. The number of benzene rings is 1. The van der Waals surface area contributed by atoms with E-state index in [0.717, 1.165) is 31.8 Å². The summed E-state index contributed by atoms with van der Waals surface area (Å²) in [7, 11) is 0. The third-order valence-corrected chi connectivity index (χ3v) is 5.46. The highest BCUT2D eigenvalue weighted by molar-refractivity contribution is 5.95. The third kappa shape index (κ3) is 5.19. The maximum atomic E-state index is 14.0. The first kappa shape index (κ1) is 22.3. The Hall–Kier alpha value is -2.42. The number of aromatic nitrogens is 2. The number of nitrogens with zero attached hydrogens (tertiary/aromatic N) is 3. The van der Waals surface area contributed by atoms with Crippen LogP contribution < -0.4 is 5.32 Å². The molecule has 0 spiro atoms. The maximum Gasteiger partial charge on any atom is 0.434 e. The molecule has 9 heteroatoms. The van der Waals surface area contributed by atoms with Gasteiger partial charge in [-0.25, -0.2) is 9.07 Å². The highest BCUT2D eigenvalue weighted by Crippen LogP contribution is 2.34. The van der Waals surface area contributed by atoms with Gasteiger partial charge >= 0.3 is 6.18 Å². The summed E-state index contributed by atoms with van der Waals surface area (Å²) in [5.74, 6) is -1.72. The predicted octanol–water partition coefficient (Wildman–Crippen LogP) is 4.41. The summed E-state index contributed by atoms with van der Waals surface area (Å²) in [6.07, 6.45) is 1.10. The predicted molar refractivity (Wildman–Crippen MR) is 105 cm³/mol. The number of halogens is 4. The number of rotatable bonds is 7. The molecule has 1 aromatic heterocycles. The number of alkyl halides is 3. The van der Waals surface area contributed by atoms with Gasteiger partial charge in [0.05, 0.1) is 11.8 Å². The van der Waals surface area contributed by atoms with E-state index in [-0.39, 0.29) is 12.2 Å². The van der Waals surface area contributed by atoms with Crippen molar-refractivity contribution in [2.45, 2.75) is 51.2 Å². The molecule has 1 amide bonds. The number of nitrogens with one attached hydrogen (secondary N) is 1. The summed E-state index contributed by atoms with van der Waals surface area (Å²) in [6, 6.07) is 5.55. The number of hydrogen-bond donors (Lipinski definition) is 1. The van der Waals surface area contributed by atoms with Gasteiger partial charge in [0.25, 0.3) is 5.91 Å². The lowest BCUT2D eigenvalue weighted by Gasteiger charge is -2.33. The van der Waals surface area contributed by atoms with Crippen molar-refractivity contribution in [3.8, 4) is 5.69 Å². The quantitative estimate of drug-likeness (QED) is 0.527. The second kappa shape index (κ2) is 9.59. The molecule has 1 atom stereocenters. The molecule has 0 radical (unpaired) electrons. The number of amides is 1. The van der Waals surface area contributed by atoms with Crippen molar-refractivity contribution in [2.24, 2.45) is 0 Å². The monoisotopic (exact) mass is 426 g/mol. The maximum absolute atomic E-state index is 14.0. The van der Waals surface area contributed by atoms with E-state index in [1.165, 1.54) is 37.5 Å². The number of para-hydroxylation sites is 1. The molecule has 1 aliphatic heterocycles. The fraction of sp³-hybridized carbons (Fsp3) is 0.524. The van der Waals surface area contributed by atoms with Crippen LogP contribution in [0.15, 0.2) is 30.5 Å². The highest BCUT2D eigenvalue weighted by Gasteiger charge is 2.40. The van der Waals surface area contributed by atoms with Crippen LogP contribution in [-0.2, 0) is 6.18 Å². The van der Waals surface area contributed by atoms with E-state index in [1.807, 2.05) is 0 Å². The molecule has 1 unspecified atom stereocenters. The molecule has 30 heavy (non-hydrogen) atoms. The molecule has 0 saturated carbocycles. The van der Waals surface area contributed by atoms with Crippen molar-refractivity contribution in [3.63, 3.8) is 0 Å². The van der Waals surface area contributed by atoms with E-state index in [9.17, 15) is 22.4 Å². The average molecular weight is 426 g/mol. The lowest BCUT2D eigenvalue weighted by Crippen LogP contribution is -2.38. The molecule has 0 aliphatic carbocycles. The van der Waals surface area contributed by atoms with Crippen LogP contribution in [0, 0.1) is 5.82 Å². The van der Waals surface area contributed by atoms with E-state index in [2.05, 4.69) is 22.2 Å². The van der Waals surface area contributed by atoms with Crippen molar-refractivity contribution in [3.05, 3.63) is 47.5 Å². The van der Waals surface area contributed by atoms with Crippen LogP contribution in [0.1, 0.15) is 55.1 Å². The summed E-state index contributed by atoms with van der Waals surface area (Å²) in [4.78, 5) is 14.8. The van der Waals surface area contributed by atoms with E-state index < -0.39 is 29.2 Å². The number of carbonyl (C=O) groups is 1. The lowest BCUT2D eigenvalue weighted by atomic mass is 10.0. The summed E-state index contributed by atoms with van der Waals surface area (Å²) in [6.45, 7) is 4.45. The Bertz CT molecular complexity index is 865. The molecular formula is C21H26F4N4O. The zero-order chi connectivity index (χ0) is 21.7. The van der Waals surface area contributed by atoms with Gasteiger partial charge in [-0.1, -0.05) is 18.6 Å². The molecule has 1 aromatic carbocycles. The van der Waals surface area contributed by atoms with E-state index >= 15 is 0 Å². The van der Waals surface area contributed by atoms with Gasteiger partial charge in [0.15, 0.2) is 5.69 Å².